The van der Waals surface area contributed by atoms with Crippen LogP contribution in [0.25, 0.3) is 0 Å². The number of hydrogen-bond acceptors (Lipinski definition) is 4. The number of Topliss-reactive ketones (excluding diaryl/α,β-unsaturated/α-hetero) is 2. The fourth-order valence-electron chi connectivity index (χ4n) is 3.68. The van der Waals surface area contributed by atoms with Gasteiger partial charge in [0.15, 0.2) is 11.6 Å². The van der Waals surface area contributed by atoms with Gasteiger partial charge < -0.3 is 1.43 Å². The van der Waals surface area contributed by atoms with Gasteiger partial charge in [-0.25, -0.2) is 8.42 Å². The molecule has 0 radical (unpaired) electrons. The van der Waals surface area contributed by atoms with Crippen molar-refractivity contribution in [2.24, 2.45) is 5.92 Å². The van der Waals surface area contributed by atoms with Crippen LogP contribution < -0.4 is 34.3 Å². The fourth-order valence-corrected chi connectivity index (χ4v) is 5.01. The number of aryl methyl sites for hydroxylation is 1. The van der Waals surface area contributed by atoms with E-state index in [4.69, 9.17) is 0 Å². The van der Waals surface area contributed by atoms with Crippen molar-refractivity contribution in [2.75, 3.05) is 4.72 Å². The van der Waals surface area contributed by atoms with Crippen LogP contribution in [0, 0.1) is 12.8 Å². The minimum Gasteiger partial charge on any atom is -1.00 e. The molecule has 0 spiro atoms. The molecule has 148 valence electrons. The van der Waals surface area contributed by atoms with Crippen molar-refractivity contribution in [3.63, 3.8) is 0 Å². The molecule has 5 nitrogen and oxygen atoms in total. The molecular formula is C23H20NNaO4S. The maximum absolute atomic E-state index is 13.2. The molecule has 0 amide bonds. The Hall–Kier alpha value is -2.25. The van der Waals surface area contributed by atoms with E-state index in [1.165, 1.54) is 12.1 Å². The summed E-state index contributed by atoms with van der Waals surface area (Å²) in [6.07, 6.45) is 0.326. The number of fused-ring (bicyclic) bond motifs is 1. The number of hydrogen-bond donors (Lipinski definition) is 1. The first-order valence-corrected chi connectivity index (χ1v) is 10.7. The summed E-state index contributed by atoms with van der Waals surface area (Å²) >= 11 is 0. The second-order valence-corrected chi connectivity index (χ2v) is 8.71. The van der Waals surface area contributed by atoms with E-state index in [1.807, 2.05) is 12.1 Å². The van der Waals surface area contributed by atoms with Gasteiger partial charge in [-0.3, -0.25) is 14.3 Å². The van der Waals surface area contributed by atoms with Crippen molar-refractivity contribution in [3.8, 4) is 0 Å². The number of nitrogens with one attached hydrogen (secondary N) is 1. The van der Waals surface area contributed by atoms with E-state index in [1.54, 1.807) is 55.5 Å². The molecule has 0 heterocycles. The van der Waals surface area contributed by atoms with Crippen LogP contribution in [0.3, 0.4) is 0 Å². The fraction of sp³-hybridized carbons (Fsp3) is 0.130. The van der Waals surface area contributed by atoms with E-state index in [2.05, 4.69) is 4.72 Å². The summed E-state index contributed by atoms with van der Waals surface area (Å²) in [5.74, 6) is -1.44. The molecule has 1 atom stereocenters. The van der Waals surface area contributed by atoms with E-state index in [0.29, 0.717) is 17.5 Å². The molecule has 1 aliphatic rings. The van der Waals surface area contributed by atoms with Gasteiger partial charge in [-0.05, 0) is 42.7 Å². The molecule has 0 bridgehead atoms. The van der Waals surface area contributed by atoms with Gasteiger partial charge in [-0.15, -0.1) is 0 Å². The van der Waals surface area contributed by atoms with Crippen LogP contribution >= 0.6 is 0 Å². The monoisotopic (exact) mass is 429 g/mol. The molecule has 3 aromatic carbocycles. The third-order valence-electron chi connectivity index (χ3n) is 5.16. The predicted octanol–water partition coefficient (Wildman–Crippen LogP) is 1.15. The Balaban J connectivity index is 0.00000171. The first kappa shape index (κ1) is 22.4. The van der Waals surface area contributed by atoms with Gasteiger partial charge in [0.1, 0.15) is 0 Å². The minimum absolute atomic E-state index is 0. The number of carbonyl (C=O) groups excluding carboxylic acids is 2. The molecule has 3 aromatic rings. The van der Waals surface area contributed by atoms with E-state index >= 15 is 0 Å². The average molecular weight is 429 g/mol. The molecular weight excluding hydrogens is 409 g/mol. The van der Waals surface area contributed by atoms with Gasteiger partial charge in [0.25, 0.3) is 10.0 Å². The van der Waals surface area contributed by atoms with Gasteiger partial charge >= 0.3 is 29.6 Å². The summed E-state index contributed by atoms with van der Waals surface area (Å²) in [4.78, 5) is 26.0. The summed E-state index contributed by atoms with van der Waals surface area (Å²) in [5, 5.41) is 0. The summed E-state index contributed by atoms with van der Waals surface area (Å²) in [6.45, 7) is 1.71. The molecule has 30 heavy (non-hydrogen) atoms. The summed E-state index contributed by atoms with van der Waals surface area (Å²) in [5.41, 5.74) is 2.36. The van der Waals surface area contributed by atoms with Crippen LogP contribution in [0.1, 0.15) is 33.3 Å². The van der Waals surface area contributed by atoms with Gasteiger partial charge in [-0.1, -0.05) is 54.6 Å². The van der Waals surface area contributed by atoms with Crippen LogP contribution in [-0.4, -0.2) is 20.0 Å². The number of carbonyl (C=O) groups is 2. The number of para-hydroxylation sites is 1. The quantitative estimate of drug-likeness (QED) is 0.375. The second kappa shape index (κ2) is 8.86. The van der Waals surface area contributed by atoms with Gasteiger partial charge in [0, 0.05) is 11.1 Å². The number of sulfonamides is 1. The Labute approximate surface area is 199 Å². The van der Waals surface area contributed by atoms with Crippen molar-refractivity contribution in [1.29, 1.82) is 0 Å². The summed E-state index contributed by atoms with van der Waals surface area (Å²) in [7, 11) is -3.88. The van der Waals surface area contributed by atoms with Crippen molar-refractivity contribution < 1.29 is 49.0 Å². The topological polar surface area (TPSA) is 80.3 Å². The first-order chi connectivity index (χ1) is 13.9. The van der Waals surface area contributed by atoms with Gasteiger partial charge in [0.05, 0.1) is 16.5 Å². The van der Waals surface area contributed by atoms with Crippen LogP contribution in [0.15, 0.2) is 77.7 Å². The molecule has 4 rings (SSSR count). The largest absolute Gasteiger partial charge is 1.00 e. The number of anilines is 1. The second-order valence-electron chi connectivity index (χ2n) is 7.06. The zero-order valence-electron chi connectivity index (χ0n) is 17.8. The number of ketones is 2. The average Bonchev–Trinajstić information content (AvgIpc) is 3.05. The van der Waals surface area contributed by atoms with Crippen molar-refractivity contribution >= 4 is 27.3 Å². The predicted molar refractivity (Wildman–Crippen MR) is 112 cm³/mol. The third-order valence-corrected chi connectivity index (χ3v) is 6.69. The molecule has 0 saturated heterocycles. The maximum atomic E-state index is 13.2. The molecule has 0 aliphatic heterocycles. The standard InChI is InChI=1S/C23H19NO4S.Na.H/c1-15-8-2-7-13-21(15)29(27,28)24-20-12-6-5-11-18(20)23(26)19-14-16-9-3-4-10-17(16)22(19)25;;/h2-13,19,24H,14H2,1H3;;/q;+1;-1. The number of benzene rings is 3. The Bertz CT molecular complexity index is 1240. The molecule has 7 heteroatoms. The van der Waals surface area contributed by atoms with Crippen LogP contribution in [-0.2, 0) is 16.4 Å². The molecule has 0 aromatic heterocycles. The molecule has 0 saturated carbocycles. The normalized spacial score (nSPS) is 15.2. The summed E-state index contributed by atoms with van der Waals surface area (Å²) in [6, 6.07) is 20.2. The zero-order chi connectivity index (χ0) is 20.6. The Morgan fingerprint density at radius 1 is 0.967 bits per heavy atom. The Kier molecular flexibility index (Phi) is 6.62. The van der Waals surface area contributed by atoms with Crippen LogP contribution in [0.5, 0.6) is 0 Å². The molecule has 1 unspecified atom stereocenters. The van der Waals surface area contributed by atoms with Crippen molar-refractivity contribution in [1.82, 2.24) is 0 Å². The van der Waals surface area contributed by atoms with Crippen molar-refractivity contribution in [2.45, 2.75) is 18.2 Å². The van der Waals surface area contributed by atoms with Crippen LogP contribution in [0.2, 0.25) is 0 Å². The zero-order valence-corrected chi connectivity index (χ0v) is 19.6. The molecule has 1 N–H and O–H groups in total. The van der Waals surface area contributed by atoms with Gasteiger partial charge in [0.2, 0.25) is 0 Å². The molecule has 0 fully saturated rings. The number of rotatable bonds is 5. The van der Waals surface area contributed by atoms with E-state index in [0.717, 1.165) is 5.56 Å². The minimum atomic E-state index is -3.88. The third kappa shape index (κ3) is 4.14. The molecule has 1 aliphatic carbocycles. The van der Waals surface area contributed by atoms with Crippen molar-refractivity contribution in [3.05, 3.63) is 95.1 Å². The first-order valence-electron chi connectivity index (χ1n) is 9.22. The van der Waals surface area contributed by atoms with E-state index < -0.39 is 15.9 Å². The van der Waals surface area contributed by atoms with Crippen LogP contribution in [0.4, 0.5) is 5.69 Å². The van der Waals surface area contributed by atoms with Gasteiger partial charge in [-0.2, -0.15) is 0 Å². The maximum Gasteiger partial charge on any atom is 1.00 e. The smallest absolute Gasteiger partial charge is 1.00 e. The Morgan fingerprint density at radius 2 is 1.60 bits per heavy atom. The van der Waals surface area contributed by atoms with E-state index in [-0.39, 0.29) is 58.7 Å². The SMILES string of the molecule is Cc1ccccc1S(=O)(=O)Nc1ccccc1C(=O)C1Cc2ccccc2C1=O.[H-].[Na+]. The van der Waals surface area contributed by atoms with E-state index in [9.17, 15) is 18.0 Å². The Morgan fingerprint density at radius 3 is 2.33 bits per heavy atom. The summed E-state index contributed by atoms with van der Waals surface area (Å²) < 4.78 is 28.3.